The van der Waals surface area contributed by atoms with E-state index in [1.54, 1.807) is 0 Å². The first-order chi connectivity index (χ1) is 7.27. The molecule has 0 aromatic heterocycles. The maximum atomic E-state index is 6.15. The van der Waals surface area contributed by atoms with E-state index in [0.717, 1.165) is 5.92 Å². The lowest BCUT2D eigenvalue weighted by Crippen LogP contribution is -2.30. The zero-order chi connectivity index (χ0) is 10.4. The molecule has 0 bridgehead atoms. The van der Waals surface area contributed by atoms with E-state index in [9.17, 15) is 0 Å². The molecule has 1 heteroatoms. The van der Waals surface area contributed by atoms with E-state index in [1.807, 2.05) is 0 Å². The Hall–Kier alpha value is -0.980. The minimum atomic E-state index is 0.454. The lowest BCUT2D eigenvalue weighted by Gasteiger charge is -2.30. The largest absolute Gasteiger partial charge is 0.489 e. The van der Waals surface area contributed by atoms with E-state index in [4.69, 9.17) is 4.74 Å². The number of benzene rings is 1. The summed E-state index contributed by atoms with van der Waals surface area (Å²) >= 11 is 0. The van der Waals surface area contributed by atoms with Gasteiger partial charge in [-0.15, -0.1) is 0 Å². The first-order valence-corrected chi connectivity index (χ1v) is 6.03. The van der Waals surface area contributed by atoms with E-state index in [1.165, 1.54) is 36.1 Å². The van der Waals surface area contributed by atoms with Gasteiger partial charge in [-0.2, -0.15) is 0 Å². The fraction of sp³-hybridized carbons (Fsp3) is 0.571. The smallest absolute Gasteiger partial charge is 0.126 e. The number of hydrogen-bond acceptors (Lipinski definition) is 1. The van der Waals surface area contributed by atoms with Crippen LogP contribution in [0.2, 0.25) is 0 Å². The van der Waals surface area contributed by atoms with Gasteiger partial charge in [0.2, 0.25) is 0 Å². The van der Waals surface area contributed by atoms with Crippen LogP contribution in [0.1, 0.15) is 43.2 Å². The predicted molar refractivity (Wildman–Crippen MR) is 61.4 cm³/mol. The van der Waals surface area contributed by atoms with Crippen molar-refractivity contribution in [2.45, 2.75) is 45.1 Å². The van der Waals surface area contributed by atoms with Gasteiger partial charge in [0.1, 0.15) is 11.9 Å². The molecule has 0 N–H and O–H groups in total. The van der Waals surface area contributed by atoms with Crippen LogP contribution < -0.4 is 4.74 Å². The van der Waals surface area contributed by atoms with Crippen LogP contribution in [0.15, 0.2) is 18.2 Å². The van der Waals surface area contributed by atoms with Crippen molar-refractivity contribution in [2.24, 2.45) is 5.92 Å². The molecular formula is C14H18O. The van der Waals surface area contributed by atoms with Crippen LogP contribution in [-0.2, 0) is 0 Å². The second-order valence-corrected chi connectivity index (χ2v) is 5.09. The van der Waals surface area contributed by atoms with Crippen LogP contribution in [-0.4, -0.2) is 6.10 Å². The normalized spacial score (nSPS) is 33.1. The number of rotatable bonds is 0. The van der Waals surface area contributed by atoms with Gasteiger partial charge in [-0.3, -0.25) is 0 Å². The van der Waals surface area contributed by atoms with Gasteiger partial charge in [0.25, 0.3) is 0 Å². The van der Waals surface area contributed by atoms with Gasteiger partial charge in [-0.05, 0) is 31.2 Å². The zero-order valence-corrected chi connectivity index (χ0v) is 9.49. The second kappa shape index (κ2) is 3.26. The summed E-state index contributed by atoms with van der Waals surface area (Å²) in [4.78, 5) is 0. The summed E-state index contributed by atoms with van der Waals surface area (Å²) in [7, 11) is 0. The Morgan fingerprint density at radius 2 is 2.13 bits per heavy atom. The van der Waals surface area contributed by atoms with Gasteiger partial charge >= 0.3 is 0 Å². The summed E-state index contributed by atoms with van der Waals surface area (Å²) in [5.74, 6) is 2.57. The molecule has 1 heterocycles. The fourth-order valence-electron chi connectivity index (χ4n) is 3.18. The van der Waals surface area contributed by atoms with E-state index in [2.05, 4.69) is 32.0 Å². The second-order valence-electron chi connectivity index (χ2n) is 5.09. The van der Waals surface area contributed by atoms with Crippen molar-refractivity contribution < 1.29 is 4.74 Å². The Bertz CT molecular complexity index is 383. The van der Waals surface area contributed by atoms with Crippen LogP contribution in [0, 0.1) is 12.8 Å². The Kier molecular flexibility index (Phi) is 2.01. The van der Waals surface area contributed by atoms with Gasteiger partial charge in [-0.1, -0.05) is 31.5 Å². The van der Waals surface area contributed by atoms with Gasteiger partial charge in [-0.25, -0.2) is 0 Å². The molecule has 80 valence electrons. The van der Waals surface area contributed by atoms with Gasteiger partial charge in [0.15, 0.2) is 0 Å². The van der Waals surface area contributed by atoms with Crippen molar-refractivity contribution in [3.8, 4) is 5.75 Å². The Labute approximate surface area is 91.5 Å². The van der Waals surface area contributed by atoms with E-state index >= 15 is 0 Å². The van der Waals surface area contributed by atoms with Gasteiger partial charge in [0, 0.05) is 11.5 Å². The van der Waals surface area contributed by atoms with Crippen LogP contribution in [0.4, 0.5) is 0 Å². The quantitative estimate of drug-likeness (QED) is 0.624. The Balaban J connectivity index is 2.04. The number of aryl methyl sites for hydroxylation is 1. The van der Waals surface area contributed by atoms with Crippen molar-refractivity contribution in [1.82, 2.24) is 0 Å². The molecule has 1 nitrogen and oxygen atoms in total. The minimum absolute atomic E-state index is 0.454. The lowest BCUT2D eigenvalue weighted by atomic mass is 9.77. The summed E-state index contributed by atoms with van der Waals surface area (Å²) in [5.41, 5.74) is 2.76. The van der Waals surface area contributed by atoms with Crippen LogP contribution in [0.25, 0.3) is 0 Å². The van der Waals surface area contributed by atoms with E-state index in [0.29, 0.717) is 12.0 Å². The van der Waals surface area contributed by atoms with E-state index < -0.39 is 0 Å². The third-order valence-corrected chi connectivity index (χ3v) is 4.03. The molecule has 1 aliphatic carbocycles. The number of para-hydroxylation sites is 1. The molecule has 0 saturated heterocycles. The molecule has 1 aliphatic heterocycles. The number of fused-ring (bicyclic) bond motifs is 3. The summed E-state index contributed by atoms with van der Waals surface area (Å²) in [5, 5.41) is 0. The molecule has 3 rings (SSSR count). The molecule has 0 amide bonds. The van der Waals surface area contributed by atoms with Crippen molar-refractivity contribution in [3.05, 3.63) is 29.3 Å². The van der Waals surface area contributed by atoms with Crippen molar-refractivity contribution >= 4 is 0 Å². The fourth-order valence-corrected chi connectivity index (χ4v) is 3.18. The predicted octanol–water partition coefficient (Wildman–Crippen LogP) is 3.66. The molecule has 3 atom stereocenters. The topological polar surface area (TPSA) is 9.23 Å². The van der Waals surface area contributed by atoms with Crippen LogP contribution >= 0.6 is 0 Å². The lowest BCUT2D eigenvalue weighted by molar-refractivity contribution is 0.108. The first kappa shape index (κ1) is 9.26. The molecule has 2 aliphatic rings. The first-order valence-electron chi connectivity index (χ1n) is 6.03. The summed E-state index contributed by atoms with van der Waals surface area (Å²) in [6.07, 6.45) is 4.45. The van der Waals surface area contributed by atoms with Crippen molar-refractivity contribution in [1.29, 1.82) is 0 Å². The Morgan fingerprint density at radius 1 is 1.27 bits per heavy atom. The third kappa shape index (κ3) is 1.29. The average molecular weight is 202 g/mol. The molecule has 0 radical (unpaired) electrons. The third-order valence-electron chi connectivity index (χ3n) is 4.03. The highest BCUT2D eigenvalue weighted by Gasteiger charge is 2.40. The molecule has 1 aromatic rings. The monoisotopic (exact) mass is 202 g/mol. The maximum absolute atomic E-state index is 6.15. The minimum Gasteiger partial charge on any atom is -0.489 e. The van der Waals surface area contributed by atoms with Crippen molar-refractivity contribution in [2.75, 3.05) is 0 Å². The molecule has 1 fully saturated rings. The van der Waals surface area contributed by atoms with Crippen LogP contribution in [0.5, 0.6) is 5.75 Å². The molecule has 1 saturated carbocycles. The number of ether oxygens (including phenoxy) is 1. The summed E-state index contributed by atoms with van der Waals surface area (Å²) in [6.45, 7) is 4.48. The van der Waals surface area contributed by atoms with E-state index in [-0.39, 0.29) is 0 Å². The van der Waals surface area contributed by atoms with Crippen molar-refractivity contribution in [3.63, 3.8) is 0 Å². The highest BCUT2D eigenvalue weighted by Crippen LogP contribution is 2.48. The SMILES string of the molecule is Cc1cccc2c1OC1C(C)CCCC21. The zero-order valence-electron chi connectivity index (χ0n) is 9.49. The molecular weight excluding hydrogens is 184 g/mol. The Morgan fingerprint density at radius 3 is 3.00 bits per heavy atom. The van der Waals surface area contributed by atoms with Gasteiger partial charge in [0.05, 0.1) is 0 Å². The summed E-state index contributed by atoms with van der Waals surface area (Å²) in [6, 6.07) is 6.57. The molecule has 1 aromatic carbocycles. The highest BCUT2D eigenvalue weighted by molar-refractivity contribution is 5.47. The molecule has 3 unspecified atom stereocenters. The van der Waals surface area contributed by atoms with Gasteiger partial charge < -0.3 is 4.74 Å². The molecule has 15 heavy (non-hydrogen) atoms. The standard InChI is InChI=1S/C14H18O/c1-9-5-3-7-11-12-8-4-6-10(2)14(12)15-13(9)11/h3,5,7,10,12,14H,4,6,8H2,1-2H3. The molecule has 0 spiro atoms. The van der Waals surface area contributed by atoms with Crippen LogP contribution in [0.3, 0.4) is 0 Å². The number of hydrogen-bond donors (Lipinski definition) is 0. The summed E-state index contributed by atoms with van der Waals surface area (Å²) < 4.78 is 6.15. The average Bonchev–Trinajstić information content (AvgIpc) is 2.60. The maximum Gasteiger partial charge on any atom is 0.126 e. The highest BCUT2D eigenvalue weighted by atomic mass is 16.5.